The number of carboxylic acids is 1. The van der Waals surface area contributed by atoms with E-state index in [4.69, 9.17) is 10.8 Å². The third-order valence-electron chi connectivity index (χ3n) is 1.20. The van der Waals surface area contributed by atoms with Gasteiger partial charge in [-0.2, -0.15) is 0 Å². The molecule has 3 heteroatoms. The van der Waals surface area contributed by atoms with Gasteiger partial charge in [-0.25, -0.2) is 4.79 Å². The van der Waals surface area contributed by atoms with Crippen LogP contribution in [-0.4, -0.2) is 11.1 Å². The zero-order valence-electron chi connectivity index (χ0n) is 7.22. The Hall–Kier alpha value is -0.990. The van der Waals surface area contributed by atoms with E-state index >= 15 is 0 Å². The van der Waals surface area contributed by atoms with Crippen LogP contribution in [0.1, 0.15) is 27.2 Å². The van der Waals surface area contributed by atoms with Gasteiger partial charge in [0.25, 0.3) is 0 Å². The fraction of sp³-hybridized carbons (Fsp3) is 0.625. The zero-order chi connectivity index (χ0) is 9.07. The SMILES string of the molecule is CC(C)(C)CC(=CN)C(=O)O. The third kappa shape index (κ3) is 4.42. The maximum Gasteiger partial charge on any atom is 0.333 e. The molecule has 0 aliphatic rings. The van der Waals surface area contributed by atoms with E-state index in [1.165, 1.54) is 0 Å². The number of hydrogen-bond acceptors (Lipinski definition) is 2. The summed E-state index contributed by atoms with van der Waals surface area (Å²) in [6, 6.07) is 0. The maximum atomic E-state index is 10.5. The molecule has 0 aromatic rings. The highest BCUT2D eigenvalue weighted by Crippen LogP contribution is 2.23. The first-order chi connectivity index (χ1) is 4.87. The predicted octanol–water partition coefficient (Wildman–Crippen LogP) is 1.35. The van der Waals surface area contributed by atoms with Gasteiger partial charge >= 0.3 is 5.97 Å². The van der Waals surface area contributed by atoms with Crippen LogP contribution in [0.2, 0.25) is 0 Å². The van der Waals surface area contributed by atoms with Gasteiger partial charge < -0.3 is 10.8 Å². The van der Waals surface area contributed by atoms with E-state index in [0.29, 0.717) is 6.42 Å². The molecule has 0 fully saturated rings. The number of rotatable bonds is 2. The minimum absolute atomic E-state index is 0.0242. The van der Waals surface area contributed by atoms with Crippen molar-refractivity contribution >= 4 is 5.97 Å². The first-order valence-electron chi connectivity index (χ1n) is 3.51. The smallest absolute Gasteiger partial charge is 0.333 e. The summed E-state index contributed by atoms with van der Waals surface area (Å²) in [7, 11) is 0. The number of hydrogen-bond donors (Lipinski definition) is 2. The Morgan fingerprint density at radius 1 is 1.55 bits per heavy atom. The molecule has 3 nitrogen and oxygen atoms in total. The molecule has 0 unspecified atom stereocenters. The molecule has 0 aliphatic heterocycles. The monoisotopic (exact) mass is 157 g/mol. The molecule has 0 bridgehead atoms. The van der Waals surface area contributed by atoms with Crippen LogP contribution >= 0.6 is 0 Å². The molecular formula is C8H15NO2. The van der Waals surface area contributed by atoms with E-state index in [9.17, 15) is 4.79 Å². The van der Waals surface area contributed by atoms with Crippen LogP contribution in [0.3, 0.4) is 0 Å². The molecule has 0 rings (SSSR count). The lowest BCUT2D eigenvalue weighted by Crippen LogP contribution is -2.13. The van der Waals surface area contributed by atoms with Crippen LogP contribution in [0.25, 0.3) is 0 Å². The molecule has 0 amide bonds. The second-order valence-corrected chi connectivity index (χ2v) is 3.73. The standard InChI is InChI=1S/C8H15NO2/c1-8(2,3)4-6(5-9)7(10)11/h5H,4,9H2,1-3H3,(H,10,11). The van der Waals surface area contributed by atoms with Gasteiger partial charge in [0, 0.05) is 6.20 Å². The second kappa shape index (κ2) is 3.42. The van der Waals surface area contributed by atoms with Crippen LogP contribution in [0.5, 0.6) is 0 Å². The Bertz CT molecular complexity index is 177. The van der Waals surface area contributed by atoms with Crippen LogP contribution in [0.4, 0.5) is 0 Å². The van der Waals surface area contributed by atoms with E-state index in [2.05, 4.69) is 0 Å². The van der Waals surface area contributed by atoms with Crippen molar-refractivity contribution < 1.29 is 9.90 Å². The van der Waals surface area contributed by atoms with Gasteiger partial charge in [-0.15, -0.1) is 0 Å². The Morgan fingerprint density at radius 3 is 2.09 bits per heavy atom. The van der Waals surface area contributed by atoms with Crippen molar-refractivity contribution in [1.82, 2.24) is 0 Å². The molecule has 0 heterocycles. The van der Waals surface area contributed by atoms with Crippen molar-refractivity contribution in [3.8, 4) is 0 Å². The molecule has 0 aromatic heterocycles. The van der Waals surface area contributed by atoms with Crippen LogP contribution in [-0.2, 0) is 4.79 Å². The Labute approximate surface area is 66.9 Å². The maximum absolute atomic E-state index is 10.5. The van der Waals surface area contributed by atoms with Crippen LogP contribution in [0, 0.1) is 5.41 Å². The van der Waals surface area contributed by atoms with Crippen molar-refractivity contribution in [2.75, 3.05) is 0 Å². The average Bonchev–Trinajstić information content (AvgIpc) is 1.80. The lowest BCUT2D eigenvalue weighted by molar-refractivity contribution is -0.133. The summed E-state index contributed by atoms with van der Waals surface area (Å²) < 4.78 is 0. The number of carbonyl (C=O) groups is 1. The summed E-state index contributed by atoms with van der Waals surface area (Å²) in [6.07, 6.45) is 1.66. The average molecular weight is 157 g/mol. The molecule has 0 radical (unpaired) electrons. The molecule has 0 aliphatic carbocycles. The van der Waals surface area contributed by atoms with Crippen molar-refractivity contribution in [2.45, 2.75) is 27.2 Å². The minimum atomic E-state index is -0.928. The predicted molar refractivity (Wildman–Crippen MR) is 44.0 cm³/mol. The summed E-state index contributed by atoms with van der Waals surface area (Å²) in [4.78, 5) is 10.5. The first-order valence-corrected chi connectivity index (χ1v) is 3.51. The van der Waals surface area contributed by atoms with E-state index in [1.807, 2.05) is 20.8 Å². The Morgan fingerprint density at radius 2 is 2.00 bits per heavy atom. The summed E-state index contributed by atoms with van der Waals surface area (Å²) in [5.74, 6) is -0.928. The summed E-state index contributed by atoms with van der Waals surface area (Å²) in [5.41, 5.74) is 5.39. The normalized spacial score (nSPS) is 13.2. The van der Waals surface area contributed by atoms with E-state index in [-0.39, 0.29) is 11.0 Å². The Balaban J connectivity index is 4.24. The highest BCUT2D eigenvalue weighted by molar-refractivity contribution is 5.86. The fourth-order valence-corrected chi connectivity index (χ4v) is 0.777. The van der Waals surface area contributed by atoms with Crippen molar-refractivity contribution in [1.29, 1.82) is 0 Å². The van der Waals surface area contributed by atoms with E-state index < -0.39 is 5.97 Å². The largest absolute Gasteiger partial charge is 0.478 e. The first kappa shape index (κ1) is 10.0. The molecule has 3 N–H and O–H groups in total. The molecule has 0 saturated carbocycles. The molecule has 0 saturated heterocycles. The Kier molecular flexibility index (Phi) is 3.11. The third-order valence-corrected chi connectivity index (χ3v) is 1.20. The van der Waals surface area contributed by atoms with E-state index in [0.717, 1.165) is 6.20 Å². The highest BCUT2D eigenvalue weighted by Gasteiger charge is 2.16. The number of carboxylic acid groups (broad SMARTS) is 1. The number of aliphatic carboxylic acids is 1. The topological polar surface area (TPSA) is 63.3 Å². The summed E-state index contributed by atoms with van der Waals surface area (Å²) in [6.45, 7) is 5.92. The van der Waals surface area contributed by atoms with Gasteiger partial charge in [-0.3, -0.25) is 0 Å². The van der Waals surface area contributed by atoms with Gasteiger partial charge in [0.2, 0.25) is 0 Å². The minimum Gasteiger partial charge on any atom is -0.478 e. The second-order valence-electron chi connectivity index (χ2n) is 3.73. The number of nitrogens with two attached hydrogens (primary N) is 1. The molecule has 0 aromatic carbocycles. The lowest BCUT2D eigenvalue weighted by Gasteiger charge is -2.17. The molecule has 0 atom stereocenters. The van der Waals surface area contributed by atoms with Gasteiger partial charge in [0.15, 0.2) is 0 Å². The van der Waals surface area contributed by atoms with Gasteiger partial charge in [0.1, 0.15) is 0 Å². The molecule has 11 heavy (non-hydrogen) atoms. The quantitative estimate of drug-likeness (QED) is 0.595. The summed E-state index contributed by atoms with van der Waals surface area (Å²) >= 11 is 0. The zero-order valence-corrected chi connectivity index (χ0v) is 7.22. The highest BCUT2D eigenvalue weighted by atomic mass is 16.4. The van der Waals surface area contributed by atoms with Crippen molar-refractivity contribution in [3.05, 3.63) is 11.8 Å². The van der Waals surface area contributed by atoms with Crippen LogP contribution < -0.4 is 5.73 Å². The van der Waals surface area contributed by atoms with Gasteiger partial charge in [0.05, 0.1) is 5.57 Å². The van der Waals surface area contributed by atoms with Crippen LogP contribution in [0.15, 0.2) is 11.8 Å². The summed E-state index contributed by atoms with van der Waals surface area (Å²) in [5, 5.41) is 8.59. The lowest BCUT2D eigenvalue weighted by atomic mass is 9.88. The fourth-order valence-electron chi connectivity index (χ4n) is 0.777. The van der Waals surface area contributed by atoms with Gasteiger partial charge in [-0.05, 0) is 11.8 Å². The van der Waals surface area contributed by atoms with E-state index in [1.54, 1.807) is 0 Å². The van der Waals surface area contributed by atoms with Gasteiger partial charge in [-0.1, -0.05) is 20.8 Å². The molecule has 0 spiro atoms. The van der Waals surface area contributed by atoms with Crippen molar-refractivity contribution in [2.24, 2.45) is 11.1 Å². The molecule has 64 valence electrons. The molecular weight excluding hydrogens is 142 g/mol. The van der Waals surface area contributed by atoms with Crippen molar-refractivity contribution in [3.63, 3.8) is 0 Å².